The summed E-state index contributed by atoms with van der Waals surface area (Å²) in [6.45, 7) is 2.07. The second-order valence-electron chi connectivity index (χ2n) is 10.2. The van der Waals surface area contributed by atoms with E-state index in [0.29, 0.717) is 16.5 Å². The van der Waals surface area contributed by atoms with Gasteiger partial charge in [-0.25, -0.2) is 9.07 Å². The van der Waals surface area contributed by atoms with Crippen LogP contribution in [0.25, 0.3) is 16.9 Å². The number of fused-ring (bicyclic) bond motifs is 1. The van der Waals surface area contributed by atoms with Gasteiger partial charge in [-0.05, 0) is 60.5 Å². The number of thioether (sulfide) groups is 1. The molecule has 0 bridgehead atoms. The van der Waals surface area contributed by atoms with Gasteiger partial charge in [0.1, 0.15) is 18.2 Å². The lowest BCUT2D eigenvalue weighted by atomic mass is 9.99. The number of rotatable bonds is 7. The number of benzene rings is 3. The van der Waals surface area contributed by atoms with Crippen molar-refractivity contribution in [1.29, 1.82) is 0 Å². The molecular weight excluding hydrogens is 585 g/mol. The molecule has 0 aliphatic carbocycles. The number of hydrogen-bond donors (Lipinski definition) is 1. The summed E-state index contributed by atoms with van der Waals surface area (Å²) in [7, 11) is 0. The Morgan fingerprint density at radius 3 is 2.49 bits per heavy atom. The van der Waals surface area contributed by atoms with E-state index in [1.807, 2.05) is 49.4 Å². The average molecular weight is 612 g/mol. The van der Waals surface area contributed by atoms with Crippen molar-refractivity contribution in [3.63, 3.8) is 0 Å². The Morgan fingerprint density at radius 1 is 1.05 bits per heavy atom. The normalized spacial score (nSPS) is 14.7. The van der Waals surface area contributed by atoms with Crippen molar-refractivity contribution in [1.82, 2.24) is 20.1 Å². The van der Waals surface area contributed by atoms with E-state index in [4.69, 9.17) is 16.7 Å². The van der Waals surface area contributed by atoms with E-state index in [1.54, 1.807) is 47.4 Å². The summed E-state index contributed by atoms with van der Waals surface area (Å²) in [6, 6.07) is 25.1. The van der Waals surface area contributed by atoms with Gasteiger partial charge < -0.3 is 5.32 Å². The van der Waals surface area contributed by atoms with Crippen LogP contribution in [0.1, 0.15) is 27.5 Å². The van der Waals surface area contributed by atoms with E-state index < -0.39 is 0 Å². The molecule has 43 heavy (non-hydrogen) atoms. The molecule has 0 spiro atoms. The first-order chi connectivity index (χ1) is 20.9. The minimum Gasteiger partial charge on any atom is -0.350 e. The zero-order chi connectivity index (χ0) is 29.9. The lowest BCUT2D eigenvalue weighted by molar-refractivity contribution is -0.123. The van der Waals surface area contributed by atoms with Gasteiger partial charge in [0.05, 0.1) is 22.4 Å². The molecule has 2 aromatic heterocycles. The smallest absolute Gasteiger partial charge is 0.240 e. The zero-order valence-corrected chi connectivity index (χ0v) is 24.8. The fourth-order valence-electron chi connectivity index (χ4n) is 5.01. The summed E-state index contributed by atoms with van der Waals surface area (Å²) >= 11 is 7.66. The molecule has 6 rings (SSSR count). The summed E-state index contributed by atoms with van der Waals surface area (Å²) in [4.78, 5) is 32.8. The lowest BCUT2D eigenvalue weighted by Gasteiger charge is -2.23. The van der Waals surface area contributed by atoms with Gasteiger partial charge in [0.2, 0.25) is 11.8 Å². The third kappa shape index (κ3) is 6.18. The third-order valence-electron chi connectivity index (χ3n) is 7.17. The predicted octanol–water partition coefficient (Wildman–Crippen LogP) is 6.52. The minimum atomic E-state index is -0.368. The van der Waals surface area contributed by atoms with Crippen LogP contribution in [0.5, 0.6) is 0 Å². The predicted molar refractivity (Wildman–Crippen MR) is 168 cm³/mol. The van der Waals surface area contributed by atoms with Crippen LogP contribution in [0.4, 0.5) is 10.2 Å². The first-order valence-corrected chi connectivity index (χ1v) is 15.1. The highest BCUT2D eigenvalue weighted by molar-refractivity contribution is 8.00. The highest BCUT2D eigenvalue weighted by atomic mass is 35.5. The minimum absolute atomic E-state index is 0.112. The van der Waals surface area contributed by atoms with Gasteiger partial charge in [-0.15, -0.1) is 11.8 Å². The first-order valence-electron chi connectivity index (χ1n) is 13.7. The van der Waals surface area contributed by atoms with E-state index in [2.05, 4.69) is 10.3 Å². The molecule has 0 radical (unpaired) electrons. The Hall–Kier alpha value is -4.47. The van der Waals surface area contributed by atoms with Gasteiger partial charge in [-0.1, -0.05) is 59.6 Å². The maximum Gasteiger partial charge on any atom is 0.240 e. The molecule has 10 heteroatoms. The van der Waals surface area contributed by atoms with Gasteiger partial charge in [-0.2, -0.15) is 5.10 Å². The summed E-state index contributed by atoms with van der Waals surface area (Å²) in [6.07, 6.45) is 3.35. The van der Waals surface area contributed by atoms with Crippen LogP contribution in [0.15, 0.2) is 97.3 Å². The summed E-state index contributed by atoms with van der Waals surface area (Å²) in [5, 5.41) is 8.19. The third-order valence-corrected chi connectivity index (χ3v) is 8.68. The first kappa shape index (κ1) is 28.6. The van der Waals surface area contributed by atoms with Gasteiger partial charge >= 0.3 is 0 Å². The van der Waals surface area contributed by atoms with Gasteiger partial charge in [0.25, 0.3) is 0 Å². The topological polar surface area (TPSA) is 80.1 Å². The lowest BCUT2D eigenvalue weighted by Crippen LogP contribution is -2.42. The molecule has 216 valence electrons. The second kappa shape index (κ2) is 12.4. The number of aryl methyl sites for hydroxylation is 1. The van der Waals surface area contributed by atoms with Crippen LogP contribution in [-0.4, -0.2) is 38.9 Å². The number of amides is 2. The van der Waals surface area contributed by atoms with Crippen molar-refractivity contribution in [2.45, 2.75) is 18.7 Å². The van der Waals surface area contributed by atoms with E-state index >= 15 is 0 Å². The summed E-state index contributed by atoms with van der Waals surface area (Å²) in [5.74, 6) is -0.296. The molecule has 1 aliphatic rings. The molecule has 0 fully saturated rings. The van der Waals surface area contributed by atoms with Gasteiger partial charge in [0.15, 0.2) is 0 Å². The van der Waals surface area contributed by atoms with E-state index in [-0.39, 0.29) is 41.7 Å². The Morgan fingerprint density at radius 2 is 1.79 bits per heavy atom. The Kier molecular flexibility index (Phi) is 8.26. The van der Waals surface area contributed by atoms with Gasteiger partial charge in [0, 0.05) is 35.1 Å². The highest BCUT2D eigenvalue weighted by Crippen LogP contribution is 2.48. The molecule has 7 nitrogen and oxygen atoms in total. The molecule has 2 amide bonds. The van der Waals surface area contributed by atoms with Crippen LogP contribution >= 0.6 is 23.4 Å². The maximum atomic E-state index is 14.0. The molecule has 1 aliphatic heterocycles. The van der Waals surface area contributed by atoms with Crippen LogP contribution in [0, 0.1) is 12.7 Å². The molecular formula is C33H27ClFN5O2S. The van der Waals surface area contributed by atoms with E-state index in [1.165, 1.54) is 28.8 Å². The summed E-state index contributed by atoms with van der Waals surface area (Å²) in [5.41, 5.74) is 5.68. The fraction of sp³-hybridized carbons (Fsp3) is 0.152. The fourth-order valence-corrected chi connectivity index (χ4v) is 6.33. The maximum absolute atomic E-state index is 14.0. The number of anilines is 1. The number of carbonyl (C=O) groups is 2. The molecule has 1 atom stereocenters. The zero-order valence-electron chi connectivity index (χ0n) is 23.2. The monoisotopic (exact) mass is 611 g/mol. The van der Waals surface area contributed by atoms with Crippen molar-refractivity contribution in [2.24, 2.45) is 0 Å². The van der Waals surface area contributed by atoms with E-state index in [9.17, 15) is 14.0 Å². The number of carbonyl (C=O) groups excluding carboxylic acids is 2. The van der Waals surface area contributed by atoms with Crippen molar-refractivity contribution >= 4 is 41.0 Å². The number of aromatic nitrogens is 3. The number of nitrogens with one attached hydrogen (secondary N) is 1. The number of halogens is 2. The molecule has 5 aromatic rings. The number of pyridine rings is 1. The quantitative estimate of drug-likeness (QED) is 0.227. The molecule has 0 saturated heterocycles. The summed E-state index contributed by atoms with van der Waals surface area (Å²) < 4.78 is 15.7. The van der Waals surface area contributed by atoms with Crippen LogP contribution < -0.4 is 10.2 Å². The second-order valence-corrected chi connectivity index (χ2v) is 11.7. The highest BCUT2D eigenvalue weighted by Gasteiger charge is 2.37. The molecule has 1 unspecified atom stereocenters. The van der Waals surface area contributed by atoms with Crippen LogP contribution in [0.3, 0.4) is 0 Å². The Labute approximate surface area is 257 Å². The van der Waals surface area contributed by atoms with Crippen molar-refractivity contribution < 1.29 is 14.0 Å². The average Bonchev–Trinajstić information content (AvgIpc) is 3.34. The Bertz CT molecular complexity index is 1760. The molecule has 3 heterocycles. The standard InChI is InChI=1S/C33H27ClFN5O2S/c1-21-4-14-27(15-5-21)40-33-30(31(38-40)23-6-10-25(34)11-7-23)32(24-8-12-26(35)13-9-24)43-20-29(42)39(33)19-28(41)37-18-22-3-2-16-36-17-22/h2-17,32H,18-20H2,1H3,(H,37,41). The SMILES string of the molecule is Cc1ccc(-n2nc(-c3ccc(Cl)cc3)c3c2N(CC(=O)NCc2cccnc2)C(=O)CSC3c2ccc(F)cc2)cc1. The van der Waals surface area contributed by atoms with Crippen molar-refractivity contribution in [3.8, 4) is 16.9 Å². The van der Waals surface area contributed by atoms with Gasteiger partial charge in [-0.3, -0.25) is 19.5 Å². The molecule has 0 saturated carbocycles. The number of nitrogens with zero attached hydrogens (tertiary/aromatic N) is 4. The van der Waals surface area contributed by atoms with Crippen molar-refractivity contribution in [3.05, 3.63) is 130 Å². The van der Waals surface area contributed by atoms with Crippen molar-refractivity contribution in [2.75, 3.05) is 17.2 Å². The van der Waals surface area contributed by atoms with E-state index in [0.717, 1.165) is 33.5 Å². The molecule has 1 N–H and O–H groups in total. The number of hydrogen-bond acceptors (Lipinski definition) is 5. The van der Waals surface area contributed by atoms with Crippen LogP contribution in [-0.2, 0) is 16.1 Å². The largest absolute Gasteiger partial charge is 0.350 e. The van der Waals surface area contributed by atoms with Crippen LogP contribution in [0.2, 0.25) is 5.02 Å². The Balaban J connectivity index is 1.52. The molecule has 3 aromatic carbocycles.